The van der Waals surface area contributed by atoms with Crippen LogP contribution in [-0.2, 0) is 20.1 Å². The van der Waals surface area contributed by atoms with Crippen LogP contribution in [0.4, 0.5) is 0 Å². The highest BCUT2D eigenvalue weighted by atomic mass is 79.9. The second-order valence-corrected chi connectivity index (χ2v) is 29.1. The molecule has 0 N–H and O–H groups in total. The quantitative estimate of drug-likeness (QED) is 0.155. The summed E-state index contributed by atoms with van der Waals surface area (Å²) in [4.78, 5) is 9.90. The first kappa shape index (κ1) is 63.0. The lowest BCUT2D eigenvalue weighted by Gasteiger charge is -2.39. The maximum atomic E-state index is 6.78. The molecule has 10 heteroatoms. The van der Waals surface area contributed by atoms with Gasteiger partial charge in [0.2, 0.25) is 0 Å². The Bertz CT molecular complexity index is 5970. The Morgan fingerprint density at radius 3 is 1.14 bits per heavy atom. The predicted octanol–water partition coefficient (Wildman–Crippen LogP) is 22.7. The molecule has 16 aromatic rings. The number of rotatable bonds is 6. The molecule has 2 aliphatic carbocycles. The first-order chi connectivity index (χ1) is 51.0. The summed E-state index contributed by atoms with van der Waals surface area (Å²) in [7, 11) is -0.440. The molecule has 2 spiro atoms. The van der Waals surface area contributed by atoms with Crippen LogP contribution in [0.1, 0.15) is 72.2 Å². The van der Waals surface area contributed by atoms with E-state index in [1.807, 2.05) is 60.7 Å². The average Bonchev–Trinajstić information content (AvgIpc) is 1.51. The van der Waals surface area contributed by atoms with E-state index in [0.717, 1.165) is 106 Å². The van der Waals surface area contributed by atoms with Gasteiger partial charge in [-0.15, -0.1) is 0 Å². The van der Waals surface area contributed by atoms with Crippen molar-refractivity contribution in [2.45, 2.75) is 49.7 Å². The molecule has 0 unspecified atom stereocenters. The summed E-state index contributed by atoms with van der Waals surface area (Å²) in [5.41, 5.74) is 25.0. The maximum Gasteiger partial charge on any atom is 0.494 e. The van der Waals surface area contributed by atoms with Gasteiger partial charge in [-0.2, -0.15) is 0 Å². The smallest absolute Gasteiger partial charge is 0.457 e. The van der Waals surface area contributed by atoms with E-state index in [2.05, 4.69) is 332 Å². The van der Waals surface area contributed by atoms with Gasteiger partial charge in [0.15, 0.2) is 0 Å². The number of para-hydroxylation sites is 6. The van der Waals surface area contributed by atoms with Crippen molar-refractivity contribution in [1.29, 1.82) is 0 Å². The van der Waals surface area contributed by atoms with Gasteiger partial charge in [0.05, 0.1) is 44.1 Å². The van der Waals surface area contributed by atoms with Crippen LogP contribution in [0.5, 0.6) is 23.0 Å². The van der Waals surface area contributed by atoms with E-state index in [9.17, 15) is 0 Å². The Kier molecular flexibility index (Phi) is 15.0. The number of imidazole rings is 2. The van der Waals surface area contributed by atoms with Crippen molar-refractivity contribution in [3.05, 3.63) is 389 Å². The molecule has 3 aliphatic heterocycles. The number of nitrogens with zero attached hydrogens (tertiary/aromatic N) is 4. The van der Waals surface area contributed by atoms with Crippen molar-refractivity contribution in [2.24, 2.45) is 0 Å². The zero-order valence-electron chi connectivity index (χ0n) is 57.7. The SMILES string of the molecule is Brc1cccc(-n2c(-c3ccccc3)nc3ccccc32)c1.CC1(C)OB(c2ccc3c(c2)Oc2ccccc2C32c3ccccc3-c3ccccc32)OC1(C)C.c1ccc(-c2nc3ccccc3n2-c2cccc(-c3ccc4c(c3)Oc3ccccc3C43c4ccccc4-c4ccccc43)c2)cc1. The average molecular weight is 1410 g/mol. The molecule has 0 bridgehead atoms. The number of aromatic nitrogens is 4. The van der Waals surface area contributed by atoms with Crippen molar-refractivity contribution < 1.29 is 18.8 Å². The highest BCUT2D eigenvalue weighted by molar-refractivity contribution is 9.10. The lowest BCUT2D eigenvalue weighted by molar-refractivity contribution is 0.00578. The second-order valence-electron chi connectivity index (χ2n) is 28.2. The van der Waals surface area contributed by atoms with Gasteiger partial charge in [-0.1, -0.05) is 277 Å². The number of hydrogen-bond donors (Lipinski definition) is 0. The summed E-state index contributed by atoms with van der Waals surface area (Å²) < 4.78 is 31.6. The Balaban J connectivity index is 0.000000115. The molecule has 5 heterocycles. The molecule has 498 valence electrons. The Labute approximate surface area is 613 Å². The number of halogens is 1. The molecule has 0 amide bonds. The molecular weight excluding hydrogens is 1340 g/mol. The van der Waals surface area contributed by atoms with Crippen LogP contribution in [0.2, 0.25) is 0 Å². The van der Waals surface area contributed by atoms with E-state index in [0.29, 0.717) is 0 Å². The molecule has 0 saturated carbocycles. The number of hydrogen-bond acceptors (Lipinski definition) is 6. The topological polar surface area (TPSA) is 72.6 Å². The zero-order valence-corrected chi connectivity index (χ0v) is 59.3. The van der Waals surface area contributed by atoms with E-state index >= 15 is 0 Å². The molecule has 0 radical (unpaired) electrons. The molecule has 0 atom stereocenters. The molecule has 8 nitrogen and oxygen atoms in total. The van der Waals surface area contributed by atoms with E-state index < -0.39 is 29.2 Å². The normalized spacial score (nSPS) is 15.0. The van der Waals surface area contributed by atoms with E-state index in [-0.39, 0.29) is 0 Å². The van der Waals surface area contributed by atoms with Crippen molar-refractivity contribution >= 4 is 50.6 Å². The van der Waals surface area contributed by atoms with Gasteiger partial charge < -0.3 is 18.8 Å². The van der Waals surface area contributed by atoms with Crippen molar-refractivity contribution in [1.82, 2.24) is 19.1 Å². The van der Waals surface area contributed by atoms with Crippen molar-refractivity contribution in [3.63, 3.8) is 0 Å². The lowest BCUT2D eigenvalue weighted by atomic mass is 9.65. The molecule has 5 aliphatic rings. The third kappa shape index (κ3) is 9.87. The van der Waals surface area contributed by atoms with Gasteiger partial charge in [-0.25, -0.2) is 9.97 Å². The predicted molar refractivity (Wildman–Crippen MR) is 423 cm³/mol. The maximum absolute atomic E-state index is 6.78. The number of benzene rings is 14. The Morgan fingerprint density at radius 1 is 0.298 bits per heavy atom. The molecule has 2 aromatic heterocycles. The molecule has 14 aromatic carbocycles. The minimum atomic E-state index is -0.460. The molecular formula is C94H68BBrN4O4. The lowest BCUT2D eigenvalue weighted by Crippen LogP contribution is -2.41. The molecule has 104 heavy (non-hydrogen) atoms. The molecule has 1 fully saturated rings. The van der Waals surface area contributed by atoms with Gasteiger partial charge in [-0.05, 0) is 168 Å². The molecule has 1 saturated heterocycles. The van der Waals surface area contributed by atoms with Crippen molar-refractivity contribution in [3.8, 4) is 90.5 Å². The van der Waals surface area contributed by atoms with Crippen LogP contribution in [0.3, 0.4) is 0 Å². The van der Waals surface area contributed by atoms with Crippen LogP contribution in [-0.4, -0.2) is 37.4 Å². The fourth-order valence-electron chi connectivity index (χ4n) is 16.6. The second kappa shape index (κ2) is 24.7. The number of ether oxygens (including phenoxy) is 2. The standard InChI is InChI=1S/C44H28N2O.C31H27BO3.C19H13BrN2/c1-2-13-29(14-3-1)43-45-39-22-9-10-23-40(39)46(43)32-16-12-15-30(27-32)31-25-26-38-42(28-31)47-41-24-11-8-21-37(41)44(38)35-19-6-4-17-33(35)34-18-5-7-20-36(34)44;1-29(2)30(3,4)35-32(34-29)20-17-18-26-28(19-20)33-27-16-10-9-15-25(27)31(26)23-13-7-5-11-21(23)22-12-6-8-14-24(22)31;20-15-9-6-10-16(13-15)22-18-12-5-4-11-17(18)21-19(22)14-7-2-1-3-8-14/h1-28H;5-19H,1-4H3;1-13H. The highest BCUT2D eigenvalue weighted by Gasteiger charge is 2.55. The largest absolute Gasteiger partial charge is 0.494 e. The summed E-state index contributed by atoms with van der Waals surface area (Å²) in [6.45, 7) is 8.33. The number of fused-ring (bicyclic) bond motifs is 20. The molecule has 21 rings (SSSR count). The van der Waals surface area contributed by atoms with E-state index in [4.69, 9.17) is 28.8 Å². The van der Waals surface area contributed by atoms with Gasteiger partial charge in [0, 0.05) is 49.2 Å². The fourth-order valence-corrected chi connectivity index (χ4v) is 17.0. The Hall–Kier alpha value is -11.9. The Morgan fingerprint density at radius 2 is 0.663 bits per heavy atom. The van der Waals surface area contributed by atoms with Crippen LogP contribution in [0, 0.1) is 0 Å². The first-order valence-electron chi connectivity index (χ1n) is 35.5. The van der Waals surface area contributed by atoms with Gasteiger partial charge in [-0.3, -0.25) is 9.13 Å². The zero-order chi connectivity index (χ0) is 69.9. The summed E-state index contributed by atoms with van der Waals surface area (Å²) in [6, 6.07) is 120. The first-order valence-corrected chi connectivity index (χ1v) is 36.3. The minimum Gasteiger partial charge on any atom is -0.457 e. The third-order valence-corrected chi connectivity index (χ3v) is 22.4. The third-order valence-electron chi connectivity index (χ3n) is 21.9. The van der Waals surface area contributed by atoms with Gasteiger partial charge >= 0.3 is 7.12 Å². The van der Waals surface area contributed by atoms with Crippen LogP contribution in [0.15, 0.2) is 344 Å². The summed E-state index contributed by atoms with van der Waals surface area (Å²) in [6.07, 6.45) is 0. The van der Waals surface area contributed by atoms with Gasteiger partial charge in [0.1, 0.15) is 34.6 Å². The fraction of sp³-hybridized carbons (Fsp3) is 0.0851. The monoisotopic (exact) mass is 1410 g/mol. The summed E-state index contributed by atoms with van der Waals surface area (Å²) in [5, 5.41) is 0. The minimum absolute atomic E-state index is 0.397. The highest BCUT2D eigenvalue weighted by Crippen LogP contribution is 2.64. The van der Waals surface area contributed by atoms with Crippen LogP contribution >= 0.6 is 15.9 Å². The van der Waals surface area contributed by atoms with E-state index in [1.165, 1.54) is 61.2 Å². The summed E-state index contributed by atoms with van der Waals surface area (Å²) >= 11 is 3.56. The van der Waals surface area contributed by atoms with Crippen LogP contribution < -0.4 is 14.9 Å². The summed E-state index contributed by atoms with van der Waals surface area (Å²) in [5.74, 6) is 5.40. The van der Waals surface area contributed by atoms with Crippen LogP contribution in [0.25, 0.3) is 89.6 Å². The van der Waals surface area contributed by atoms with Crippen molar-refractivity contribution in [2.75, 3.05) is 0 Å². The van der Waals surface area contributed by atoms with E-state index in [1.54, 1.807) is 0 Å². The van der Waals surface area contributed by atoms with Gasteiger partial charge in [0.25, 0.3) is 0 Å².